The third-order valence-electron chi connectivity index (χ3n) is 6.40. The first kappa shape index (κ1) is 22.9. The van der Waals surface area contributed by atoms with E-state index >= 15 is 0 Å². The maximum Gasteiger partial charge on any atom is 0.235 e. The molecule has 0 aliphatic carbocycles. The molecule has 7 nitrogen and oxygen atoms in total. The van der Waals surface area contributed by atoms with Crippen molar-refractivity contribution in [1.82, 2.24) is 9.88 Å². The van der Waals surface area contributed by atoms with E-state index in [4.69, 9.17) is 13.9 Å². The Bertz CT molecular complexity index is 1370. The number of hydrogen-bond donors (Lipinski definition) is 1. The van der Waals surface area contributed by atoms with Crippen LogP contribution < -0.4 is 14.9 Å². The second kappa shape index (κ2) is 10.2. The van der Waals surface area contributed by atoms with Crippen LogP contribution in [-0.4, -0.2) is 28.1 Å². The van der Waals surface area contributed by atoms with Crippen molar-refractivity contribution in [1.29, 1.82) is 0 Å². The van der Waals surface area contributed by atoms with E-state index in [0.29, 0.717) is 41.2 Å². The number of likely N-dealkylation sites (tertiary alicyclic amines) is 1. The Kier molecular flexibility index (Phi) is 6.68. The third-order valence-corrected chi connectivity index (χ3v) is 6.40. The normalized spacial score (nSPS) is 16.3. The molecule has 0 radical (unpaired) electrons. The fourth-order valence-corrected chi connectivity index (χ4v) is 4.71. The van der Waals surface area contributed by atoms with Crippen molar-refractivity contribution in [3.63, 3.8) is 0 Å². The molecule has 2 aromatic carbocycles. The van der Waals surface area contributed by atoms with Gasteiger partial charge in [0.2, 0.25) is 11.2 Å². The molecular formula is C28H28N2O5. The van der Waals surface area contributed by atoms with Crippen LogP contribution >= 0.6 is 0 Å². The first-order valence-corrected chi connectivity index (χ1v) is 12.0. The maximum absolute atomic E-state index is 13.3. The molecule has 0 amide bonds. The molecule has 0 spiro atoms. The summed E-state index contributed by atoms with van der Waals surface area (Å²) in [7, 11) is 0. The van der Waals surface area contributed by atoms with Gasteiger partial charge in [-0.05, 0) is 62.2 Å². The molecule has 0 unspecified atom stereocenters. The summed E-state index contributed by atoms with van der Waals surface area (Å²) in [5.74, 6) is 1.15. The minimum Gasteiger partial charge on any atom is -0.507 e. The number of para-hydroxylation sites is 2. The third kappa shape index (κ3) is 4.72. The lowest BCUT2D eigenvalue weighted by atomic mass is 9.95. The van der Waals surface area contributed by atoms with Crippen LogP contribution in [0.4, 0.5) is 0 Å². The van der Waals surface area contributed by atoms with E-state index < -0.39 is 0 Å². The van der Waals surface area contributed by atoms with Crippen molar-refractivity contribution in [2.45, 2.75) is 38.8 Å². The molecule has 1 aliphatic rings. The van der Waals surface area contributed by atoms with Gasteiger partial charge in [-0.1, -0.05) is 24.6 Å². The highest BCUT2D eigenvalue weighted by atomic mass is 16.5. The zero-order valence-electron chi connectivity index (χ0n) is 19.6. The predicted molar refractivity (Wildman–Crippen MR) is 133 cm³/mol. The second-order valence-electron chi connectivity index (χ2n) is 8.62. The molecular weight excluding hydrogens is 444 g/mol. The summed E-state index contributed by atoms with van der Waals surface area (Å²) in [5, 5.41) is 11.1. The standard InChI is InChI=1S/C28H28N2O5/c1-2-33-24-10-3-4-11-25(24)35-26-18-34-28-20(27(26)32)12-13-23(31)21(28)17-30-15-6-5-9-22(30)19-8-7-14-29-16-19/h3-4,7-8,10-14,16,18,22,31H,2,5-6,9,15,17H2,1H3/t22-/m0/s1. The zero-order chi connectivity index (χ0) is 24.2. The van der Waals surface area contributed by atoms with Crippen LogP contribution in [0.5, 0.6) is 23.0 Å². The monoisotopic (exact) mass is 472 g/mol. The Balaban J connectivity index is 1.49. The summed E-state index contributed by atoms with van der Waals surface area (Å²) in [4.78, 5) is 19.9. The maximum atomic E-state index is 13.3. The molecule has 2 aromatic heterocycles. The van der Waals surface area contributed by atoms with Gasteiger partial charge in [0.05, 0.1) is 17.6 Å². The number of nitrogens with zero attached hydrogens (tertiary/aromatic N) is 2. The molecule has 1 saturated heterocycles. The molecule has 0 bridgehead atoms. The average Bonchev–Trinajstić information content (AvgIpc) is 2.89. The number of aromatic nitrogens is 1. The lowest BCUT2D eigenvalue weighted by Gasteiger charge is -2.36. The Hall–Kier alpha value is -3.84. The molecule has 0 saturated carbocycles. The quantitative estimate of drug-likeness (QED) is 0.363. The van der Waals surface area contributed by atoms with E-state index in [-0.39, 0.29) is 23.0 Å². The van der Waals surface area contributed by atoms with Crippen LogP contribution in [0, 0.1) is 0 Å². The van der Waals surface area contributed by atoms with Crippen molar-refractivity contribution in [2.75, 3.05) is 13.2 Å². The van der Waals surface area contributed by atoms with Gasteiger partial charge in [-0.25, -0.2) is 0 Å². The topological polar surface area (TPSA) is 85.0 Å². The van der Waals surface area contributed by atoms with Crippen LogP contribution in [-0.2, 0) is 6.54 Å². The van der Waals surface area contributed by atoms with Gasteiger partial charge >= 0.3 is 0 Å². The lowest BCUT2D eigenvalue weighted by molar-refractivity contribution is 0.139. The van der Waals surface area contributed by atoms with Crippen molar-refractivity contribution >= 4 is 11.0 Å². The van der Waals surface area contributed by atoms with Gasteiger partial charge in [0.15, 0.2) is 11.5 Å². The Labute approximate surface area is 203 Å². The number of benzene rings is 2. The summed E-state index contributed by atoms with van der Waals surface area (Å²) in [6.07, 6.45) is 8.20. The SMILES string of the molecule is CCOc1ccccc1Oc1coc2c(CN3CCCC[C@H]3c3cccnc3)c(O)ccc2c1=O. The minimum atomic E-state index is -0.304. The predicted octanol–water partition coefficient (Wildman–Crippen LogP) is 5.81. The van der Waals surface area contributed by atoms with E-state index in [1.807, 2.05) is 31.3 Å². The summed E-state index contributed by atoms with van der Waals surface area (Å²) >= 11 is 0. The minimum absolute atomic E-state index is 0.0625. The summed E-state index contributed by atoms with van der Waals surface area (Å²) in [6, 6.07) is 14.5. The fourth-order valence-electron chi connectivity index (χ4n) is 4.71. The van der Waals surface area contributed by atoms with Crippen molar-refractivity contribution in [2.24, 2.45) is 0 Å². The van der Waals surface area contributed by atoms with Crippen LogP contribution in [0.25, 0.3) is 11.0 Å². The molecule has 1 N–H and O–H groups in total. The largest absolute Gasteiger partial charge is 0.507 e. The molecule has 7 heteroatoms. The number of rotatable bonds is 7. The van der Waals surface area contributed by atoms with Crippen molar-refractivity contribution in [3.8, 4) is 23.0 Å². The first-order chi connectivity index (χ1) is 17.2. The van der Waals surface area contributed by atoms with Gasteiger partial charge in [-0.3, -0.25) is 14.7 Å². The van der Waals surface area contributed by atoms with Gasteiger partial charge in [-0.2, -0.15) is 0 Å². The molecule has 1 aliphatic heterocycles. The van der Waals surface area contributed by atoms with E-state index in [9.17, 15) is 9.90 Å². The molecule has 3 heterocycles. The number of fused-ring (bicyclic) bond motifs is 1. The molecule has 4 aromatic rings. The number of piperidine rings is 1. The number of aromatic hydroxyl groups is 1. The molecule has 180 valence electrons. The number of hydrogen-bond acceptors (Lipinski definition) is 7. The zero-order valence-corrected chi connectivity index (χ0v) is 19.6. The molecule has 5 rings (SSSR count). The van der Waals surface area contributed by atoms with E-state index in [2.05, 4.69) is 16.0 Å². The Morgan fingerprint density at radius 3 is 2.74 bits per heavy atom. The highest BCUT2D eigenvalue weighted by Crippen LogP contribution is 2.36. The van der Waals surface area contributed by atoms with Crippen molar-refractivity contribution < 1.29 is 19.0 Å². The second-order valence-corrected chi connectivity index (χ2v) is 8.62. The summed E-state index contributed by atoms with van der Waals surface area (Å²) in [6.45, 7) is 3.70. The molecule has 1 atom stereocenters. The Morgan fingerprint density at radius 1 is 1.09 bits per heavy atom. The van der Waals surface area contributed by atoms with Gasteiger partial charge in [0, 0.05) is 25.0 Å². The number of pyridine rings is 1. The van der Waals surface area contributed by atoms with Crippen molar-refractivity contribution in [3.05, 3.63) is 88.5 Å². The van der Waals surface area contributed by atoms with E-state index in [0.717, 1.165) is 31.4 Å². The van der Waals surface area contributed by atoms with Crippen LogP contribution in [0.3, 0.4) is 0 Å². The molecule has 35 heavy (non-hydrogen) atoms. The number of phenolic OH excluding ortho intramolecular Hbond substituents is 1. The first-order valence-electron chi connectivity index (χ1n) is 12.0. The fraction of sp³-hybridized carbons (Fsp3) is 0.286. The number of ether oxygens (including phenoxy) is 2. The van der Waals surface area contributed by atoms with Gasteiger partial charge in [0.1, 0.15) is 17.6 Å². The lowest BCUT2D eigenvalue weighted by Crippen LogP contribution is -2.33. The highest BCUT2D eigenvalue weighted by molar-refractivity contribution is 5.83. The summed E-state index contributed by atoms with van der Waals surface area (Å²) < 4.78 is 17.4. The average molecular weight is 473 g/mol. The van der Waals surface area contributed by atoms with Gasteiger partial charge in [-0.15, -0.1) is 0 Å². The van der Waals surface area contributed by atoms with E-state index in [1.54, 1.807) is 30.5 Å². The van der Waals surface area contributed by atoms with Gasteiger partial charge in [0.25, 0.3) is 0 Å². The van der Waals surface area contributed by atoms with Crippen LogP contribution in [0.2, 0.25) is 0 Å². The number of phenols is 1. The Morgan fingerprint density at radius 2 is 1.94 bits per heavy atom. The highest BCUT2D eigenvalue weighted by Gasteiger charge is 2.26. The summed E-state index contributed by atoms with van der Waals surface area (Å²) in [5.41, 5.74) is 1.81. The smallest absolute Gasteiger partial charge is 0.235 e. The van der Waals surface area contributed by atoms with E-state index in [1.165, 1.54) is 6.26 Å². The van der Waals surface area contributed by atoms with Gasteiger partial charge < -0.3 is 19.0 Å². The molecule has 1 fully saturated rings. The van der Waals surface area contributed by atoms with Crippen LogP contribution in [0.1, 0.15) is 43.4 Å². The van der Waals surface area contributed by atoms with Crippen LogP contribution in [0.15, 0.2) is 76.4 Å².